The van der Waals surface area contributed by atoms with Crippen LogP contribution in [0.4, 0.5) is 0 Å². The molecule has 4 heteroatoms. The maximum atomic E-state index is 11.2. The third-order valence-electron chi connectivity index (χ3n) is 5.98. The van der Waals surface area contributed by atoms with Crippen molar-refractivity contribution < 1.29 is 26.9 Å². The van der Waals surface area contributed by atoms with Crippen molar-refractivity contribution in [2.75, 3.05) is 6.16 Å². The van der Waals surface area contributed by atoms with E-state index in [4.69, 9.17) is 0 Å². The molecule has 158 valence electrons. The summed E-state index contributed by atoms with van der Waals surface area (Å²) in [4.78, 5) is 11.2. The van der Waals surface area contributed by atoms with E-state index in [1.807, 2.05) is 0 Å². The maximum absolute atomic E-state index is 11.2. The molecule has 1 N–H and O–H groups in total. The van der Waals surface area contributed by atoms with Crippen LogP contribution in [0.15, 0.2) is 91.0 Å². The van der Waals surface area contributed by atoms with Crippen LogP contribution in [0.2, 0.25) is 0 Å². The van der Waals surface area contributed by atoms with Crippen LogP contribution in [0, 0.1) is 11.8 Å². The number of benzene rings is 3. The van der Waals surface area contributed by atoms with Crippen molar-refractivity contribution in [2.45, 2.75) is 26.7 Å². The topological polar surface area (TPSA) is 37.3 Å². The van der Waals surface area contributed by atoms with E-state index in [0.29, 0.717) is 5.92 Å². The Morgan fingerprint density at radius 1 is 0.733 bits per heavy atom. The quantitative estimate of drug-likeness (QED) is 0.472. The van der Waals surface area contributed by atoms with E-state index >= 15 is 0 Å². The summed E-state index contributed by atoms with van der Waals surface area (Å²) in [5, 5.41) is 13.4. The minimum atomic E-state index is -1.83. The fourth-order valence-corrected chi connectivity index (χ4v) is 8.55. The summed E-state index contributed by atoms with van der Waals surface area (Å²) in [5.41, 5.74) is 0. The van der Waals surface area contributed by atoms with Gasteiger partial charge in [-0.3, -0.25) is 4.79 Å². The van der Waals surface area contributed by atoms with Crippen molar-refractivity contribution >= 4 is 29.1 Å². The van der Waals surface area contributed by atoms with Gasteiger partial charge in [-0.1, -0.05) is 68.4 Å². The molecule has 3 aromatic rings. The van der Waals surface area contributed by atoms with E-state index in [1.165, 1.54) is 15.9 Å². The van der Waals surface area contributed by atoms with E-state index in [1.54, 1.807) is 0 Å². The average molecular weight is 485 g/mol. The highest BCUT2D eigenvalue weighted by atomic mass is 79.9. The number of aliphatic carboxylic acids is 1. The summed E-state index contributed by atoms with van der Waals surface area (Å²) < 4.78 is 0. The minimum Gasteiger partial charge on any atom is -1.00 e. The monoisotopic (exact) mass is 484 g/mol. The fourth-order valence-electron chi connectivity index (χ4n) is 4.04. The molecule has 0 aromatic heterocycles. The summed E-state index contributed by atoms with van der Waals surface area (Å²) in [5.74, 6) is -0.196. The molecule has 0 fully saturated rings. The smallest absolute Gasteiger partial charge is 0.303 e. The SMILES string of the molecule is CC(CC[P+](c1ccccc1)(c1ccccc1)c1ccccc1)C(C)CC(=O)O.[Br-]. The minimum absolute atomic E-state index is 0. The largest absolute Gasteiger partial charge is 1.00 e. The molecule has 0 radical (unpaired) electrons. The molecule has 0 aliphatic heterocycles. The number of carboxylic acids is 1. The van der Waals surface area contributed by atoms with Gasteiger partial charge in [-0.15, -0.1) is 0 Å². The molecule has 3 aromatic carbocycles. The molecule has 0 aliphatic rings. The molecule has 30 heavy (non-hydrogen) atoms. The van der Waals surface area contributed by atoms with Gasteiger partial charge in [0.05, 0.1) is 6.16 Å². The molecule has 0 bridgehead atoms. The summed E-state index contributed by atoms with van der Waals surface area (Å²) >= 11 is 0. The standard InChI is InChI=1S/C26H29O2P.BrH/c1-21(22(2)20-26(27)28)18-19-29(23-12-6-3-7-13-23,24-14-8-4-9-15-24)25-16-10-5-11-17-25;/h3-17,21-22H,18-20H2,1-2H3;1H. The van der Waals surface area contributed by atoms with Crippen LogP contribution in [0.1, 0.15) is 26.7 Å². The Kier molecular flexibility index (Phi) is 9.27. The van der Waals surface area contributed by atoms with Crippen LogP contribution in [0.25, 0.3) is 0 Å². The molecule has 0 saturated carbocycles. The Hall–Kier alpha value is -1.96. The van der Waals surface area contributed by atoms with Gasteiger partial charge in [-0.05, 0) is 54.7 Å². The molecule has 0 spiro atoms. The van der Waals surface area contributed by atoms with Crippen molar-refractivity contribution in [2.24, 2.45) is 11.8 Å². The van der Waals surface area contributed by atoms with E-state index in [0.717, 1.165) is 12.6 Å². The second-order valence-electron chi connectivity index (χ2n) is 7.88. The molecular weight excluding hydrogens is 455 g/mol. The van der Waals surface area contributed by atoms with Gasteiger partial charge in [0.15, 0.2) is 0 Å². The number of hydrogen-bond acceptors (Lipinski definition) is 1. The first-order chi connectivity index (χ1) is 14.0. The van der Waals surface area contributed by atoms with Gasteiger partial charge in [0, 0.05) is 6.42 Å². The summed E-state index contributed by atoms with van der Waals surface area (Å²) in [6, 6.07) is 32.6. The first-order valence-corrected chi connectivity index (χ1v) is 12.3. The molecule has 0 saturated heterocycles. The van der Waals surface area contributed by atoms with Gasteiger partial charge in [-0.25, -0.2) is 0 Å². The van der Waals surface area contributed by atoms with Gasteiger partial charge in [0.25, 0.3) is 0 Å². The average Bonchev–Trinajstić information content (AvgIpc) is 2.76. The van der Waals surface area contributed by atoms with Crippen LogP contribution >= 0.6 is 7.26 Å². The van der Waals surface area contributed by atoms with Crippen LogP contribution in [0.5, 0.6) is 0 Å². The summed E-state index contributed by atoms with van der Waals surface area (Å²) in [7, 11) is -1.83. The second kappa shape index (κ2) is 11.4. The zero-order valence-electron chi connectivity index (χ0n) is 17.6. The number of carboxylic acid groups (broad SMARTS) is 1. The number of rotatable bonds is 9. The van der Waals surface area contributed by atoms with E-state index in [2.05, 4.69) is 105 Å². The predicted molar refractivity (Wildman–Crippen MR) is 125 cm³/mol. The Morgan fingerprint density at radius 3 is 1.43 bits per heavy atom. The molecular formula is C26H30BrO2P. The van der Waals surface area contributed by atoms with E-state index < -0.39 is 13.2 Å². The van der Waals surface area contributed by atoms with Gasteiger partial charge in [0.1, 0.15) is 23.2 Å². The van der Waals surface area contributed by atoms with Crippen molar-refractivity contribution in [3.63, 3.8) is 0 Å². The van der Waals surface area contributed by atoms with Crippen LogP contribution < -0.4 is 32.9 Å². The first-order valence-electron chi connectivity index (χ1n) is 10.3. The van der Waals surface area contributed by atoms with Crippen LogP contribution in [0.3, 0.4) is 0 Å². The summed E-state index contributed by atoms with van der Waals surface area (Å²) in [6.45, 7) is 4.26. The maximum Gasteiger partial charge on any atom is 0.303 e. The molecule has 0 amide bonds. The molecule has 0 aliphatic carbocycles. The molecule has 3 rings (SSSR count). The third-order valence-corrected chi connectivity index (χ3v) is 10.4. The zero-order valence-corrected chi connectivity index (χ0v) is 20.1. The van der Waals surface area contributed by atoms with Crippen molar-refractivity contribution in [3.05, 3.63) is 91.0 Å². The van der Waals surface area contributed by atoms with Gasteiger partial charge >= 0.3 is 5.97 Å². The lowest BCUT2D eigenvalue weighted by molar-refractivity contribution is -0.138. The highest BCUT2D eigenvalue weighted by Gasteiger charge is 2.45. The molecule has 0 heterocycles. The van der Waals surface area contributed by atoms with E-state index in [-0.39, 0.29) is 29.3 Å². The predicted octanol–water partition coefficient (Wildman–Crippen LogP) is 2.12. The highest BCUT2D eigenvalue weighted by molar-refractivity contribution is 7.95. The van der Waals surface area contributed by atoms with Crippen molar-refractivity contribution in [3.8, 4) is 0 Å². The Morgan fingerprint density at radius 2 is 1.10 bits per heavy atom. The molecule has 2 nitrogen and oxygen atoms in total. The lowest BCUT2D eigenvalue weighted by Crippen LogP contribution is -3.00. The van der Waals surface area contributed by atoms with Crippen molar-refractivity contribution in [1.29, 1.82) is 0 Å². The first kappa shape index (κ1) is 24.3. The molecule has 2 unspecified atom stereocenters. The summed E-state index contributed by atoms with van der Waals surface area (Å²) in [6.07, 6.45) is 2.27. The number of carbonyl (C=O) groups is 1. The van der Waals surface area contributed by atoms with Gasteiger partial charge in [0.2, 0.25) is 0 Å². The highest BCUT2D eigenvalue weighted by Crippen LogP contribution is 2.56. The van der Waals surface area contributed by atoms with E-state index in [9.17, 15) is 9.90 Å². The Bertz CT molecular complexity index is 803. The van der Waals surface area contributed by atoms with Crippen LogP contribution in [-0.4, -0.2) is 17.2 Å². The number of hydrogen-bond donors (Lipinski definition) is 1. The Labute approximate surface area is 191 Å². The number of halogens is 1. The second-order valence-corrected chi connectivity index (χ2v) is 11.5. The Balaban J connectivity index is 0.00000320. The zero-order chi connectivity index (χ0) is 20.7. The lowest BCUT2D eigenvalue weighted by atomic mass is 9.91. The lowest BCUT2D eigenvalue weighted by Gasteiger charge is -2.29. The van der Waals surface area contributed by atoms with Crippen molar-refractivity contribution in [1.82, 2.24) is 0 Å². The third kappa shape index (κ3) is 5.59. The van der Waals surface area contributed by atoms with Crippen LogP contribution in [-0.2, 0) is 4.79 Å². The molecule has 2 atom stereocenters. The van der Waals surface area contributed by atoms with Gasteiger partial charge in [-0.2, -0.15) is 0 Å². The fraction of sp³-hybridized carbons (Fsp3) is 0.269. The normalized spacial score (nSPS) is 13.1. The van der Waals surface area contributed by atoms with Gasteiger partial charge < -0.3 is 22.1 Å².